The Morgan fingerprint density at radius 1 is 1.27 bits per heavy atom. The van der Waals surface area contributed by atoms with Crippen molar-refractivity contribution in [2.24, 2.45) is 29.1 Å². The highest BCUT2D eigenvalue weighted by molar-refractivity contribution is 8.76. The second kappa shape index (κ2) is 12.3. The minimum Gasteiger partial charge on any atom is -0.258 e. The van der Waals surface area contributed by atoms with Gasteiger partial charge in [-0.1, -0.05) is 75.7 Å². The Morgan fingerprint density at radius 2 is 2.09 bits per heavy atom. The van der Waals surface area contributed by atoms with Crippen LogP contribution in [0.4, 0.5) is 5.69 Å². The second-order valence-corrected chi connectivity index (χ2v) is 12.7. The maximum absolute atomic E-state index is 10.7. The Hall–Kier alpha value is -1.45. The molecule has 0 aliphatic heterocycles. The standard InChI is InChI=1S/C27H38N2O2S2/c1-20(2)9-7-10-21(3)24-14-15-25-22(12-8-17-27(24,25)4)11-5-6-18-32-33-26-16-13-23(19-28-26)29(30)31/h12-13,16,19-21,24-25H,6-10,14-15,17-18H2,1-4H3/t21-,24-,25+,27-/m1/s1. The Labute approximate surface area is 207 Å². The summed E-state index contributed by atoms with van der Waals surface area (Å²) in [6, 6.07) is 3.21. The van der Waals surface area contributed by atoms with Crippen LogP contribution in [0.3, 0.4) is 0 Å². The molecule has 0 aromatic carbocycles. The molecule has 1 aromatic rings. The van der Waals surface area contributed by atoms with Gasteiger partial charge in [0.05, 0.1) is 4.92 Å². The van der Waals surface area contributed by atoms with Crippen LogP contribution in [-0.2, 0) is 0 Å². The molecule has 3 rings (SSSR count). The zero-order valence-electron chi connectivity index (χ0n) is 20.5. The molecule has 0 saturated heterocycles. The molecule has 1 heterocycles. The summed E-state index contributed by atoms with van der Waals surface area (Å²) in [5, 5.41) is 11.5. The predicted octanol–water partition coefficient (Wildman–Crippen LogP) is 8.34. The van der Waals surface area contributed by atoms with Gasteiger partial charge in [-0.3, -0.25) is 10.1 Å². The number of aromatic nitrogens is 1. The fraction of sp³-hybridized carbons (Fsp3) is 0.667. The smallest absolute Gasteiger partial charge is 0.258 e. The van der Waals surface area contributed by atoms with Gasteiger partial charge in [0.25, 0.3) is 5.69 Å². The van der Waals surface area contributed by atoms with Gasteiger partial charge in [-0.25, -0.2) is 4.98 Å². The molecule has 1 fully saturated rings. The topological polar surface area (TPSA) is 56.0 Å². The number of hydrogen-bond donors (Lipinski definition) is 0. The average Bonchev–Trinajstić information content (AvgIpc) is 3.14. The van der Waals surface area contributed by atoms with E-state index >= 15 is 0 Å². The molecule has 1 aromatic heterocycles. The van der Waals surface area contributed by atoms with Gasteiger partial charge in [-0.2, -0.15) is 0 Å². The summed E-state index contributed by atoms with van der Waals surface area (Å²) in [7, 11) is 3.26. The van der Waals surface area contributed by atoms with Crippen LogP contribution in [-0.4, -0.2) is 15.7 Å². The van der Waals surface area contributed by atoms with Gasteiger partial charge in [-0.15, -0.1) is 0 Å². The number of rotatable bonds is 10. The molecule has 0 unspecified atom stereocenters. The number of pyridine rings is 1. The largest absolute Gasteiger partial charge is 0.287 e. The Morgan fingerprint density at radius 3 is 2.79 bits per heavy atom. The average molecular weight is 487 g/mol. The fourth-order valence-corrected chi connectivity index (χ4v) is 7.59. The van der Waals surface area contributed by atoms with Gasteiger partial charge in [0.2, 0.25) is 0 Å². The van der Waals surface area contributed by atoms with Crippen LogP contribution in [0.2, 0.25) is 0 Å². The highest BCUT2D eigenvalue weighted by Crippen LogP contribution is 2.58. The zero-order valence-corrected chi connectivity index (χ0v) is 22.1. The summed E-state index contributed by atoms with van der Waals surface area (Å²) >= 11 is 0. The summed E-state index contributed by atoms with van der Waals surface area (Å²) in [4.78, 5) is 14.4. The molecule has 2 aliphatic carbocycles. The van der Waals surface area contributed by atoms with Crippen molar-refractivity contribution in [3.05, 3.63) is 40.1 Å². The van der Waals surface area contributed by atoms with Crippen molar-refractivity contribution in [2.75, 3.05) is 5.75 Å². The lowest BCUT2D eigenvalue weighted by molar-refractivity contribution is -0.385. The van der Waals surface area contributed by atoms with E-state index in [2.05, 4.69) is 50.6 Å². The van der Waals surface area contributed by atoms with Crippen LogP contribution in [0.15, 0.2) is 35.0 Å². The first-order chi connectivity index (χ1) is 15.8. The van der Waals surface area contributed by atoms with Crippen LogP contribution in [0.25, 0.3) is 0 Å². The molecule has 0 N–H and O–H groups in total. The number of allylic oxidation sites excluding steroid dienone is 2. The number of hydrogen-bond acceptors (Lipinski definition) is 5. The highest BCUT2D eigenvalue weighted by atomic mass is 33.1. The van der Waals surface area contributed by atoms with Gasteiger partial charge in [-0.05, 0) is 71.6 Å². The van der Waals surface area contributed by atoms with Crippen LogP contribution in [0.1, 0.15) is 79.1 Å². The minimum atomic E-state index is -0.421. The first kappa shape index (κ1) is 26.2. The molecule has 0 bridgehead atoms. The Bertz CT molecular complexity index is 888. The SMILES string of the molecule is CC(C)CCC[C@@H](C)[C@H]1CC[C@H]2C(C#CCCSSc3ccc([N+](=O)[O-])cn3)=CCC[C@]12C. The molecule has 2 aliphatic rings. The van der Waals surface area contributed by atoms with Crippen molar-refractivity contribution in [3.63, 3.8) is 0 Å². The molecule has 0 amide bonds. The van der Waals surface area contributed by atoms with Gasteiger partial charge in [0, 0.05) is 23.8 Å². The molecule has 33 heavy (non-hydrogen) atoms. The van der Waals surface area contributed by atoms with Crippen molar-refractivity contribution in [2.45, 2.75) is 84.1 Å². The summed E-state index contributed by atoms with van der Waals surface area (Å²) in [5.41, 5.74) is 1.85. The number of nitrogens with zero attached hydrogens (tertiary/aromatic N) is 2. The third-order valence-electron chi connectivity index (χ3n) is 7.58. The van der Waals surface area contributed by atoms with Gasteiger partial charge in [0.15, 0.2) is 0 Å². The van der Waals surface area contributed by atoms with Crippen molar-refractivity contribution >= 4 is 27.3 Å². The Balaban J connectivity index is 1.46. The van der Waals surface area contributed by atoms with E-state index in [1.807, 2.05) is 0 Å². The molecule has 4 atom stereocenters. The van der Waals surface area contributed by atoms with E-state index in [1.165, 1.54) is 62.8 Å². The van der Waals surface area contributed by atoms with E-state index in [-0.39, 0.29) is 5.69 Å². The molecule has 4 nitrogen and oxygen atoms in total. The van der Waals surface area contributed by atoms with Crippen molar-refractivity contribution < 1.29 is 4.92 Å². The zero-order chi connectivity index (χ0) is 23.8. The quantitative estimate of drug-likeness (QED) is 0.109. The molecule has 180 valence electrons. The van der Waals surface area contributed by atoms with Crippen LogP contribution >= 0.6 is 21.6 Å². The van der Waals surface area contributed by atoms with E-state index in [4.69, 9.17) is 0 Å². The van der Waals surface area contributed by atoms with Crippen LogP contribution < -0.4 is 0 Å². The third-order valence-corrected chi connectivity index (χ3v) is 9.85. The Kier molecular flexibility index (Phi) is 9.76. The van der Waals surface area contributed by atoms with E-state index in [0.717, 1.165) is 35.0 Å². The molecule has 0 radical (unpaired) electrons. The monoisotopic (exact) mass is 486 g/mol. The van der Waals surface area contributed by atoms with Crippen molar-refractivity contribution in [1.82, 2.24) is 4.98 Å². The van der Waals surface area contributed by atoms with Gasteiger partial charge < -0.3 is 0 Å². The molecule has 0 spiro atoms. The van der Waals surface area contributed by atoms with Crippen LogP contribution in [0, 0.1) is 51.0 Å². The molecule has 6 heteroatoms. The van der Waals surface area contributed by atoms with Crippen molar-refractivity contribution in [1.29, 1.82) is 0 Å². The minimum absolute atomic E-state index is 0.0297. The molecule has 1 saturated carbocycles. The lowest BCUT2D eigenvalue weighted by Gasteiger charge is -2.42. The van der Waals surface area contributed by atoms with E-state index in [0.29, 0.717) is 11.3 Å². The fourth-order valence-electron chi connectivity index (χ4n) is 5.83. The first-order valence-corrected chi connectivity index (χ1v) is 14.7. The summed E-state index contributed by atoms with van der Waals surface area (Å²) < 4.78 is 0. The predicted molar refractivity (Wildman–Crippen MR) is 141 cm³/mol. The van der Waals surface area contributed by atoms with E-state index < -0.39 is 4.92 Å². The highest BCUT2D eigenvalue weighted by Gasteiger charge is 2.49. The van der Waals surface area contributed by atoms with Crippen molar-refractivity contribution in [3.8, 4) is 11.8 Å². The van der Waals surface area contributed by atoms with E-state index in [9.17, 15) is 10.1 Å². The lowest BCUT2D eigenvalue weighted by Crippen LogP contribution is -2.35. The summed E-state index contributed by atoms with van der Waals surface area (Å²) in [6.07, 6.45) is 13.8. The second-order valence-electron chi connectivity index (χ2n) is 10.3. The van der Waals surface area contributed by atoms with E-state index in [1.54, 1.807) is 27.7 Å². The molecular weight excluding hydrogens is 448 g/mol. The van der Waals surface area contributed by atoms with Gasteiger partial charge in [0.1, 0.15) is 11.2 Å². The number of fused-ring (bicyclic) bond motifs is 1. The lowest BCUT2D eigenvalue weighted by atomic mass is 9.62. The summed E-state index contributed by atoms with van der Waals surface area (Å²) in [6.45, 7) is 9.71. The third kappa shape index (κ3) is 7.02. The van der Waals surface area contributed by atoms with Crippen LogP contribution in [0.5, 0.6) is 0 Å². The molecular formula is C27H38N2O2S2. The summed E-state index contributed by atoms with van der Waals surface area (Å²) in [5.74, 6) is 11.0. The number of nitro groups is 1. The maximum Gasteiger partial charge on any atom is 0.287 e. The normalized spacial score (nSPS) is 25.2. The first-order valence-electron chi connectivity index (χ1n) is 12.4. The maximum atomic E-state index is 10.7. The van der Waals surface area contributed by atoms with Gasteiger partial charge >= 0.3 is 0 Å².